The summed E-state index contributed by atoms with van der Waals surface area (Å²) in [6, 6.07) is 2.95. The van der Waals surface area contributed by atoms with Crippen LogP contribution in [0.1, 0.15) is 68.5 Å². The van der Waals surface area contributed by atoms with Crippen molar-refractivity contribution >= 4 is 11.5 Å². The molecule has 1 saturated heterocycles. The maximum absolute atomic E-state index is 9.83. The molecule has 1 aliphatic rings. The Bertz CT molecular complexity index is 858. The molecule has 0 N–H and O–H groups in total. The van der Waals surface area contributed by atoms with Crippen LogP contribution in [0.5, 0.6) is 0 Å². The minimum Gasteiger partial charge on any atom is -0.355 e. The molecule has 3 heterocycles. The molecule has 146 valence electrons. The number of unbranched alkanes of at least 4 members (excludes halogenated alkanes) is 1. The van der Waals surface area contributed by atoms with E-state index >= 15 is 0 Å². The van der Waals surface area contributed by atoms with Gasteiger partial charge in [0.25, 0.3) is 0 Å². The number of pyridine rings is 1. The van der Waals surface area contributed by atoms with Crippen molar-refractivity contribution in [3.63, 3.8) is 0 Å². The molecule has 0 unspecified atom stereocenters. The summed E-state index contributed by atoms with van der Waals surface area (Å²) >= 11 is 0. The summed E-state index contributed by atoms with van der Waals surface area (Å²) in [4.78, 5) is 9.50. The number of nitrogens with zero attached hydrogens (tertiary/aromatic N) is 6. The molecule has 3 rings (SSSR count). The van der Waals surface area contributed by atoms with E-state index in [9.17, 15) is 5.26 Å². The Labute approximate surface area is 162 Å². The molecule has 0 aliphatic carbocycles. The molecule has 1 fully saturated rings. The lowest BCUT2D eigenvalue weighted by Crippen LogP contribution is -2.32. The zero-order valence-electron chi connectivity index (χ0n) is 17.6. The number of fused-ring (bicyclic) bond motifs is 1. The molecule has 6 heteroatoms. The van der Waals surface area contributed by atoms with Crippen molar-refractivity contribution in [1.82, 2.24) is 19.5 Å². The van der Waals surface area contributed by atoms with Gasteiger partial charge in [-0.15, -0.1) is 5.10 Å². The highest BCUT2D eigenvalue weighted by Gasteiger charge is 2.30. The van der Waals surface area contributed by atoms with Crippen LogP contribution in [0.3, 0.4) is 0 Å². The van der Waals surface area contributed by atoms with Crippen LogP contribution < -0.4 is 4.90 Å². The van der Waals surface area contributed by atoms with Gasteiger partial charge in [-0.2, -0.15) is 9.78 Å². The van der Waals surface area contributed by atoms with Gasteiger partial charge in [0.1, 0.15) is 17.5 Å². The minimum atomic E-state index is 0.233. The number of likely N-dealkylation sites (N-methyl/N-ethyl adjacent to an activating group) is 1. The smallest absolute Gasteiger partial charge is 0.176 e. The maximum Gasteiger partial charge on any atom is 0.176 e. The molecule has 27 heavy (non-hydrogen) atoms. The molecule has 1 aliphatic heterocycles. The maximum atomic E-state index is 9.83. The van der Waals surface area contributed by atoms with E-state index in [2.05, 4.69) is 57.7 Å². The Morgan fingerprint density at radius 1 is 1.33 bits per heavy atom. The summed E-state index contributed by atoms with van der Waals surface area (Å²) < 4.78 is 1.96. The SMILES string of the molecule is CCCCc1c(C)c(C#N)c2nc(C(C)C)nn2c1N1CC[C@H](N(C)C)C1. The highest BCUT2D eigenvalue weighted by Crippen LogP contribution is 2.33. The Kier molecular flexibility index (Phi) is 5.71. The molecule has 0 aromatic carbocycles. The van der Waals surface area contributed by atoms with Crippen molar-refractivity contribution < 1.29 is 0 Å². The summed E-state index contributed by atoms with van der Waals surface area (Å²) in [7, 11) is 4.30. The standard InChI is InChI=1S/C21H32N6/c1-7-8-9-17-15(4)18(12-22)20-23-19(14(2)3)24-27(20)21(17)26-11-10-16(13-26)25(5)6/h14,16H,7-11,13H2,1-6H3/t16-/m0/s1. The molecule has 0 radical (unpaired) electrons. The second-order valence-corrected chi connectivity index (χ2v) is 8.23. The van der Waals surface area contributed by atoms with E-state index in [-0.39, 0.29) is 5.92 Å². The molecule has 1 atom stereocenters. The normalized spacial score (nSPS) is 17.4. The predicted octanol–water partition coefficient (Wildman–Crippen LogP) is 3.52. The summed E-state index contributed by atoms with van der Waals surface area (Å²) in [5.74, 6) is 2.19. The van der Waals surface area contributed by atoms with Gasteiger partial charge in [-0.05, 0) is 51.4 Å². The third-order valence-corrected chi connectivity index (χ3v) is 5.75. The monoisotopic (exact) mass is 368 g/mol. The highest BCUT2D eigenvalue weighted by atomic mass is 15.4. The van der Waals surface area contributed by atoms with E-state index in [0.29, 0.717) is 17.3 Å². The fourth-order valence-corrected chi connectivity index (χ4v) is 3.96. The van der Waals surface area contributed by atoms with Crippen molar-refractivity contribution in [1.29, 1.82) is 5.26 Å². The second-order valence-electron chi connectivity index (χ2n) is 8.23. The van der Waals surface area contributed by atoms with Crippen LogP contribution in [0.25, 0.3) is 5.65 Å². The lowest BCUT2D eigenvalue weighted by molar-refractivity contribution is 0.315. The Balaban J connectivity index is 2.23. The van der Waals surface area contributed by atoms with E-state index in [4.69, 9.17) is 10.1 Å². The zero-order chi connectivity index (χ0) is 19.7. The van der Waals surface area contributed by atoms with Gasteiger partial charge in [-0.3, -0.25) is 0 Å². The molecule has 0 spiro atoms. The van der Waals surface area contributed by atoms with E-state index in [1.165, 1.54) is 5.56 Å². The fourth-order valence-electron chi connectivity index (χ4n) is 3.96. The number of rotatable bonds is 6. The average molecular weight is 369 g/mol. The number of anilines is 1. The minimum absolute atomic E-state index is 0.233. The van der Waals surface area contributed by atoms with Gasteiger partial charge in [0.15, 0.2) is 11.5 Å². The van der Waals surface area contributed by atoms with Gasteiger partial charge in [0, 0.05) is 25.0 Å². The number of aromatic nitrogens is 3. The van der Waals surface area contributed by atoms with Crippen LogP contribution in [0.2, 0.25) is 0 Å². The zero-order valence-corrected chi connectivity index (χ0v) is 17.6. The van der Waals surface area contributed by atoms with Crippen LogP contribution in [0.15, 0.2) is 0 Å². The molecular formula is C21H32N6. The Morgan fingerprint density at radius 3 is 2.63 bits per heavy atom. The Morgan fingerprint density at radius 2 is 2.07 bits per heavy atom. The van der Waals surface area contributed by atoms with Gasteiger partial charge in [0.05, 0.1) is 0 Å². The molecular weight excluding hydrogens is 336 g/mol. The molecule has 6 nitrogen and oxygen atoms in total. The van der Waals surface area contributed by atoms with Crippen LogP contribution in [-0.4, -0.2) is 52.7 Å². The number of hydrogen-bond donors (Lipinski definition) is 0. The molecule has 2 aromatic heterocycles. The molecule has 2 aromatic rings. The Hall–Kier alpha value is -2.13. The first-order chi connectivity index (χ1) is 12.9. The summed E-state index contributed by atoms with van der Waals surface area (Å²) in [6.07, 6.45) is 4.36. The predicted molar refractivity (Wildman–Crippen MR) is 109 cm³/mol. The third kappa shape index (κ3) is 3.53. The van der Waals surface area contributed by atoms with Crippen LogP contribution in [-0.2, 0) is 6.42 Å². The van der Waals surface area contributed by atoms with Gasteiger partial charge in [-0.1, -0.05) is 27.2 Å². The van der Waals surface area contributed by atoms with Crippen molar-refractivity contribution in [2.45, 2.75) is 65.3 Å². The first kappa shape index (κ1) is 19.6. The molecule has 0 bridgehead atoms. The van der Waals surface area contributed by atoms with Gasteiger partial charge in [-0.25, -0.2) is 4.98 Å². The summed E-state index contributed by atoms with van der Waals surface area (Å²) in [5.41, 5.74) is 3.72. The van der Waals surface area contributed by atoms with E-state index in [0.717, 1.165) is 56.0 Å². The van der Waals surface area contributed by atoms with E-state index in [1.807, 2.05) is 4.52 Å². The molecule has 0 saturated carbocycles. The highest BCUT2D eigenvalue weighted by molar-refractivity contribution is 5.69. The summed E-state index contributed by atoms with van der Waals surface area (Å²) in [5, 5.41) is 14.7. The van der Waals surface area contributed by atoms with Crippen LogP contribution in [0, 0.1) is 18.3 Å². The molecule has 0 amide bonds. The van der Waals surface area contributed by atoms with Crippen molar-refractivity contribution in [3.05, 3.63) is 22.5 Å². The largest absolute Gasteiger partial charge is 0.355 e. The van der Waals surface area contributed by atoms with Crippen molar-refractivity contribution in [2.24, 2.45) is 0 Å². The van der Waals surface area contributed by atoms with Crippen molar-refractivity contribution in [2.75, 3.05) is 32.1 Å². The third-order valence-electron chi connectivity index (χ3n) is 5.75. The van der Waals surface area contributed by atoms with Crippen LogP contribution in [0.4, 0.5) is 5.82 Å². The lowest BCUT2D eigenvalue weighted by Gasteiger charge is -2.26. The van der Waals surface area contributed by atoms with Gasteiger partial charge < -0.3 is 9.80 Å². The van der Waals surface area contributed by atoms with Crippen molar-refractivity contribution in [3.8, 4) is 6.07 Å². The summed E-state index contributed by atoms with van der Waals surface area (Å²) in [6.45, 7) is 10.5. The quantitative estimate of drug-likeness (QED) is 0.781. The first-order valence-corrected chi connectivity index (χ1v) is 10.1. The van der Waals surface area contributed by atoms with E-state index < -0.39 is 0 Å². The van der Waals surface area contributed by atoms with Gasteiger partial charge in [0.2, 0.25) is 0 Å². The average Bonchev–Trinajstić information content (AvgIpc) is 3.27. The topological polar surface area (TPSA) is 60.5 Å². The second kappa shape index (κ2) is 7.85. The first-order valence-electron chi connectivity index (χ1n) is 10.1. The van der Waals surface area contributed by atoms with Gasteiger partial charge >= 0.3 is 0 Å². The number of nitriles is 1. The van der Waals surface area contributed by atoms with Crippen LogP contribution >= 0.6 is 0 Å². The lowest BCUT2D eigenvalue weighted by atomic mass is 9.99. The number of hydrogen-bond acceptors (Lipinski definition) is 5. The fraction of sp³-hybridized carbons (Fsp3) is 0.667. The van der Waals surface area contributed by atoms with E-state index in [1.54, 1.807) is 0 Å².